The molecule has 0 bridgehead atoms. The maximum atomic E-state index is 11.3. The lowest BCUT2D eigenvalue weighted by atomic mass is 9.96. The van der Waals surface area contributed by atoms with Crippen molar-refractivity contribution in [2.45, 2.75) is 58.1 Å². The molecule has 6 nitrogen and oxygen atoms in total. The second-order valence-electron chi connectivity index (χ2n) is 6.55. The monoisotopic (exact) mass is 394 g/mol. The zero-order valence-electron chi connectivity index (χ0n) is 16.4. The van der Waals surface area contributed by atoms with Gasteiger partial charge in [0.25, 0.3) is 0 Å². The van der Waals surface area contributed by atoms with Crippen LogP contribution in [0.15, 0.2) is 30.5 Å². The Bertz CT molecular complexity index is 662. The molecule has 0 radical (unpaired) electrons. The molecule has 2 aromatic rings. The first-order valence-corrected chi connectivity index (χ1v) is 9.70. The number of aromatic nitrogens is 2. The van der Waals surface area contributed by atoms with E-state index < -0.39 is 0 Å². The molecule has 1 heterocycles. The molecule has 1 aromatic carbocycles. The van der Waals surface area contributed by atoms with Gasteiger partial charge in [0, 0.05) is 23.0 Å². The number of anilines is 2. The van der Waals surface area contributed by atoms with E-state index in [0.29, 0.717) is 22.4 Å². The lowest BCUT2D eigenvalue weighted by Crippen LogP contribution is -2.13. The molecule has 1 fully saturated rings. The summed E-state index contributed by atoms with van der Waals surface area (Å²) >= 11 is 5.88. The summed E-state index contributed by atoms with van der Waals surface area (Å²) in [5.74, 6) is 0.609. The Labute approximate surface area is 166 Å². The molecule has 150 valence electrons. The molecule has 1 aliphatic rings. The average molecular weight is 395 g/mol. The van der Waals surface area contributed by atoms with Gasteiger partial charge in [-0.2, -0.15) is 5.10 Å². The number of nitrogens with zero attached hydrogens (tertiary/aromatic N) is 2. The maximum absolute atomic E-state index is 11.3. The predicted octanol–water partition coefficient (Wildman–Crippen LogP) is 4.56. The number of aliphatic hydroxyl groups is 1. The van der Waals surface area contributed by atoms with Crippen LogP contribution in [0, 0.1) is 0 Å². The smallest absolute Gasteiger partial charge is 0.163 e. The molecule has 0 aliphatic heterocycles. The summed E-state index contributed by atoms with van der Waals surface area (Å²) in [7, 11) is 1.50. The maximum Gasteiger partial charge on any atom is 0.163 e. The van der Waals surface area contributed by atoms with Crippen molar-refractivity contribution in [3.63, 3.8) is 0 Å². The highest BCUT2D eigenvalue weighted by Gasteiger charge is 2.18. The number of carbonyl (C=O) groups is 1. The number of carbonyl (C=O) groups excluding carboxylic acids is 1. The zero-order chi connectivity index (χ0) is 20.2. The van der Waals surface area contributed by atoms with Gasteiger partial charge in [-0.05, 0) is 58.0 Å². The molecule has 0 unspecified atom stereocenters. The fourth-order valence-electron chi connectivity index (χ4n) is 2.79. The number of benzene rings is 1. The summed E-state index contributed by atoms with van der Waals surface area (Å²) in [5, 5.41) is 16.5. The summed E-state index contributed by atoms with van der Waals surface area (Å²) in [5.41, 5.74) is 5.96. The molecule has 4 N–H and O–H groups in total. The SMILES string of the molecule is CC(C)O.CN.O=Cc1cn(C2CCCCC2)nc1Nc1ccc(Cl)cc1. The zero-order valence-corrected chi connectivity index (χ0v) is 17.1. The van der Waals surface area contributed by atoms with Gasteiger partial charge in [0.2, 0.25) is 0 Å². The third-order valence-electron chi connectivity index (χ3n) is 3.94. The third kappa shape index (κ3) is 8.12. The van der Waals surface area contributed by atoms with Gasteiger partial charge in [-0.25, -0.2) is 0 Å². The van der Waals surface area contributed by atoms with Crippen molar-refractivity contribution < 1.29 is 9.90 Å². The van der Waals surface area contributed by atoms with E-state index in [4.69, 9.17) is 16.7 Å². The summed E-state index contributed by atoms with van der Waals surface area (Å²) in [6, 6.07) is 7.77. The van der Waals surface area contributed by atoms with Gasteiger partial charge in [-0.1, -0.05) is 30.9 Å². The average Bonchev–Trinajstić information content (AvgIpc) is 3.08. The number of nitrogens with two attached hydrogens (primary N) is 1. The molecule has 7 heteroatoms. The lowest BCUT2D eigenvalue weighted by Gasteiger charge is -2.21. The van der Waals surface area contributed by atoms with Crippen molar-refractivity contribution in [3.8, 4) is 0 Å². The van der Waals surface area contributed by atoms with Crippen LogP contribution in [-0.4, -0.2) is 34.3 Å². The van der Waals surface area contributed by atoms with Crippen molar-refractivity contribution in [2.24, 2.45) is 5.73 Å². The molecular formula is C20H31ClN4O2. The van der Waals surface area contributed by atoms with Gasteiger partial charge in [-0.15, -0.1) is 0 Å². The van der Waals surface area contributed by atoms with Gasteiger partial charge in [0.15, 0.2) is 12.1 Å². The van der Waals surface area contributed by atoms with Crippen LogP contribution in [0.4, 0.5) is 11.5 Å². The van der Waals surface area contributed by atoms with Crippen LogP contribution in [0.25, 0.3) is 0 Å². The highest BCUT2D eigenvalue weighted by molar-refractivity contribution is 6.30. The minimum Gasteiger partial charge on any atom is -0.394 e. The third-order valence-corrected chi connectivity index (χ3v) is 4.19. The molecule has 1 saturated carbocycles. The van der Waals surface area contributed by atoms with Gasteiger partial charge >= 0.3 is 0 Å². The van der Waals surface area contributed by atoms with E-state index in [0.717, 1.165) is 24.8 Å². The summed E-state index contributed by atoms with van der Waals surface area (Å²) < 4.78 is 1.95. The minimum atomic E-state index is -0.167. The Morgan fingerprint density at radius 3 is 2.30 bits per heavy atom. The number of aldehydes is 1. The lowest BCUT2D eigenvalue weighted by molar-refractivity contribution is 0.112. The molecule has 3 rings (SSSR count). The molecule has 1 aliphatic carbocycles. The van der Waals surface area contributed by atoms with Crippen LogP contribution < -0.4 is 11.1 Å². The predicted molar refractivity (Wildman–Crippen MR) is 112 cm³/mol. The highest BCUT2D eigenvalue weighted by atomic mass is 35.5. The van der Waals surface area contributed by atoms with E-state index in [1.165, 1.54) is 26.3 Å². The highest BCUT2D eigenvalue weighted by Crippen LogP contribution is 2.29. The summed E-state index contributed by atoms with van der Waals surface area (Å²) in [4.78, 5) is 11.3. The van der Waals surface area contributed by atoms with E-state index in [1.807, 2.05) is 35.1 Å². The Morgan fingerprint density at radius 2 is 1.78 bits per heavy atom. The molecule has 0 amide bonds. The second kappa shape index (κ2) is 12.5. The summed E-state index contributed by atoms with van der Waals surface area (Å²) in [6.07, 6.45) is 8.59. The van der Waals surface area contributed by atoms with E-state index in [1.54, 1.807) is 13.8 Å². The number of nitrogens with one attached hydrogen (secondary N) is 1. The number of hydrogen-bond donors (Lipinski definition) is 3. The second-order valence-corrected chi connectivity index (χ2v) is 6.98. The van der Waals surface area contributed by atoms with Crippen LogP contribution in [0.3, 0.4) is 0 Å². The first kappa shape index (κ1) is 23.1. The van der Waals surface area contributed by atoms with Crippen molar-refractivity contribution >= 4 is 29.4 Å². The molecule has 0 atom stereocenters. The van der Waals surface area contributed by atoms with Gasteiger partial charge < -0.3 is 16.2 Å². The molecular weight excluding hydrogens is 364 g/mol. The number of aliphatic hydroxyl groups excluding tert-OH is 1. The van der Waals surface area contributed by atoms with Crippen LogP contribution >= 0.6 is 11.6 Å². The van der Waals surface area contributed by atoms with Gasteiger partial charge in [0.05, 0.1) is 11.6 Å². The van der Waals surface area contributed by atoms with Crippen molar-refractivity contribution in [1.29, 1.82) is 0 Å². The standard InChI is InChI=1S/C16H18ClN3O.C3H8O.CH5N/c17-13-6-8-14(9-7-13)18-16-12(11-21)10-20(19-16)15-4-2-1-3-5-15;1-3(2)4;1-2/h6-11,15H,1-5H2,(H,18,19);3-4H,1-2H3;2H2,1H3. The fourth-order valence-corrected chi connectivity index (χ4v) is 2.92. The number of hydrogen-bond acceptors (Lipinski definition) is 5. The normalized spacial score (nSPS) is 13.9. The van der Waals surface area contributed by atoms with E-state index in [-0.39, 0.29) is 6.10 Å². The Hall–Kier alpha value is -1.89. The Morgan fingerprint density at radius 1 is 1.22 bits per heavy atom. The fraction of sp³-hybridized carbons (Fsp3) is 0.500. The van der Waals surface area contributed by atoms with Crippen LogP contribution in [0.5, 0.6) is 0 Å². The van der Waals surface area contributed by atoms with Crippen LogP contribution in [0.1, 0.15) is 62.4 Å². The van der Waals surface area contributed by atoms with E-state index in [2.05, 4.69) is 16.1 Å². The van der Waals surface area contributed by atoms with Gasteiger partial charge in [-0.3, -0.25) is 9.48 Å². The minimum absolute atomic E-state index is 0.167. The largest absolute Gasteiger partial charge is 0.394 e. The van der Waals surface area contributed by atoms with E-state index >= 15 is 0 Å². The topological polar surface area (TPSA) is 93.2 Å². The van der Waals surface area contributed by atoms with Gasteiger partial charge in [0.1, 0.15) is 0 Å². The van der Waals surface area contributed by atoms with Crippen LogP contribution in [-0.2, 0) is 0 Å². The van der Waals surface area contributed by atoms with Crippen LogP contribution in [0.2, 0.25) is 5.02 Å². The summed E-state index contributed by atoms with van der Waals surface area (Å²) in [6.45, 7) is 3.44. The molecule has 1 aromatic heterocycles. The Kier molecular flexibility index (Phi) is 10.7. The number of rotatable bonds is 4. The first-order chi connectivity index (χ1) is 13.0. The van der Waals surface area contributed by atoms with Crippen molar-refractivity contribution in [3.05, 3.63) is 41.0 Å². The van der Waals surface area contributed by atoms with Crippen molar-refractivity contribution in [2.75, 3.05) is 12.4 Å². The van der Waals surface area contributed by atoms with Crippen molar-refractivity contribution in [1.82, 2.24) is 9.78 Å². The Balaban J connectivity index is 0.000000541. The quantitative estimate of drug-likeness (QED) is 0.661. The first-order valence-electron chi connectivity index (χ1n) is 9.32. The molecule has 0 spiro atoms. The molecule has 0 saturated heterocycles. The molecule has 27 heavy (non-hydrogen) atoms. The van der Waals surface area contributed by atoms with E-state index in [9.17, 15) is 4.79 Å². The number of halogens is 1.